The Morgan fingerprint density at radius 1 is 1.14 bits per heavy atom. The highest BCUT2D eigenvalue weighted by Gasteiger charge is 2.21. The minimum absolute atomic E-state index is 0.353. The smallest absolute Gasteiger partial charge is 0.338 e. The van der Waals surface area contributed by atoms with Crippen LogP contribution in [0.3, 0.4) is 0 Å². The van der Waals surface area contributed by atoms with Gasteiger partial charge in [-0.1, -0.05) is 30.0 Å². The fourth-order valence-electron chi connectivity index (χ4n) is 3.52. The molecule has 1 atom stereocenters. The van der Waals surface area contributed by atoms with Crippen molar-refractivity contribution in [3.8, 4) is 0 Å². The molecule has 1 aromatic carbocycles. The lowest BCUT2D eigenvalue weighted by atomic mass is 10.1. The van der Waals surface area contributed by atoms with E-state index < -0.39 is 6.10 Å². The van der Waals surface area contributed by atoms with Crippen molar-refractivity contribution >= 4 is 34.5 Å². The lowest BCUT2D eigenvalue weighted by Crippen LogP contribution is -2.31. The Morgan fingerprint density at radius 2 is 1.90 bits per heavy atom. The van der Waals surface area contributed by atoms with Crippen LogP contribution in [0.15, 0.2) is 47.8 Å². The number of hydrogen-bond donors (Lipinski definition) is 0. The third-order valence-corrected chi connectivity index (χ3v) is 5.65. The van der Waals surface area contributed by atoms with E-state index in [-0.39, 0.29) is 5.97 Å². The monoisotopic (exact) mass is 408 g/mol. The Kier molecular flexibility index (Phi) is 5.94. The molecule has 0 saturated carbocycles. The van der Waals surface area contributed by atoms with Gasteiger partial charge in [-0.05, 0) is 50.6 Å². The van der Waals surface area contributed by atoms with Crippen molar-refractivity contribution in [2.24, 2.45) is 0 Å². The Labute approximate surface area is 174 Å². The molecule has 1 saturated heterocycles. The maximum Gasteiger partial charge on any atom is 0.338 e. The van der Waals surface area contributed by atoms with E-state index in [1.165, 1.54) is 18.2 Å². The predicted molar refractivity (Wildman–Crippen MR) is 115 cm³/mol. The number of hydrogen-bond acceptors (Lipinski definition) is 7. The first-order chi connectivity index (χ1) is 14.2. The van der Waals surface area contributed by atoms with E-state index in [1.807, 2.05) is 43.6 Å². The number of thioether (sulfide) groups is 1. The molecule has 1 aliphatic rings. The number of aromatic nitrogens is 3. The molecule has 29 heavy (non-hydrogen) atoms. The number of piperidine rings is 1. The molecule has 0 radical (unpaired) electrons. The van der Waals surface area contributed by atoms with Crippen molar-refractivity contribution in [1.82, 2.24) is 15.0 Å². The van der Waals surface area contributed by atoms with Gasteiger partial charge in [0.1, 0.15) is 11.6 Å². The Balaban J connectivity index is 1.69. The number of pyridine rings is 1. The molecule has 150 valence electrons. The lowest BCUT2D eigenvalue weighted by Gasteiger charge is -2.29. The number of ether oxygens (including phenoxy) is 1. The van der Waals surface area contributed by atoms with Crippen molar-refractivity contribution in [2.45, 2.75) is 37.4 Å². The summed E-state index contributed by atoms with van der Waals surface area (Å²) in [5.74, 6) is 0.506. The van der Waals surface area contributed by atoms with Crippen LogP contribution in [0.4, 0.5) is 5.82 Å². The van der Waals surface area contributed by atoms with Gasteiger partial charge in [-0.2, -0.15) is 0 Å². The summed E-state index contributed by atoms with van der Waals surface area (Å²) >= 11 is 1.52. The number of fused-ring (bicyclic) bond motifs is 1. The summed E-state index contributed by atoms with van der Waals surface area (Å²) in [4.78, 5) is 28.8. The van der Waals surface area contributed by atoms with Gasteiger partial charge < -0.3 is 9.64 Å². The van der Waals surface area contributed by atoms with Gasteiger partial charge in [-0.3, -0.25) is 0 Å². The maximum absolute atomic E-state index is 12.5. The number of nitrogens with zero attached hydrogens (tertiary/aromatic N) is 4. The molecule has 7 heteroatoms. The van der Waals surface area contributed by atoms with Crippen LogP contribution in [0.25, 0.3) is 10.9 Å². The summed E-state index contributed by atoms with van der Waals surface area (Å²) in [6, 6.07) is 10.9. The van der Waals surface area contributed by atoms with Crippen LogP contribution in [-0.2, 0) is 4.74 Å². The van der Waals surface area contributed by atoms with E-state index in [9.17, 15) is 4.79 Å². The summed E-state index contributed by atoms with van der Waals surface area (Å²) in [6.07, 6.45) is 6.85. The first-order valence-electron chi connectivity index (χ1n) is 9.88. The number of carbonyl (C=O) groups excluding carboxylic acids is 1. The Bertz CT molecular complexity index is 1010. The average molecular weight is 409 g/mol. The average Bonchev–Trinajstić information content (AvgIpc) is 2.79. The number of carbonyl (C=O) groups is 1. The second-order valence-electron chi connectivity index (χ2n) is 7.13. The second-order valence-corrected chi connectivity index (χ2v) is 7.90. The van der Waals surface area contributed by atoms with Gasteiger partial charge in [-0.25, -0.2) is 19.7 Å². The first kappa shape index (κ1) is 19.6. The maximum atomic E-state index is 12.5. The highest BCUT2D eigenvalue weighted by atomic mass is 32.2. The predicted octanol–water partition coefficient (Wildman–Crippen LogP) is 4.66. The van der Waals surface area contributed by atoms with Gasteiger partial charge in [0.05, 0.1) is 11.3 Å². The number of esters is 1. The van der Waals surface area contributed by atoms with Gasteiger partial charge in [0, 0.05) is 24.7 Å². The van der Waals surface area contributed by atoms with Crippen LogP contribution in [0, 0.1) is 0 Å². The standard InChI is InChI=1S/C22H24N4O2S/c1-15(28-21(27)16-9-5-3-6-10-16)18-13-17-14-23-22(29-2)25-19(17)20(24-18)26-11-7-4-8-12-26/h3,5-6,9-10,13-15H,4,7-8,11-12H2,1-2H3. The fraction of sp³-hybridized carbons (Fsp3) is 0.364. The fourth-order valence-corrected chi connectivity index (χ4v) is 3.86. The summed E-state index contributed by atoms with van der Waals surface area (Å²) in [5, 5.41) is 1.64. The van der Waals surface area contributed by atoms with E-state index >= 15 is 0 Å². The molecule has 3 heterocycles. The zero-order valence-corrected chi connectivity index (χ0v) is 17.5. The zero-order valence-electron chi connectivity index (χ0n) is 16.7. The SMILES string of the molecule is CSc1ncc2cc(C(C)OC(=O)c3ccccc3)nc(N3CCCCC3)c2n1. The topological polar surface area (TPSA) is 68.2 Å². The molecule has 0 bridgehead atoms. The molecule has 3 aromatic rings. The van der Waals surface area contributed by atoms with Crippen LogP contribution >= 0.6 is 11.8 Å². The summed E-state index contributed by atoms with van der Waals surface area (Å²) in [5.41, 5.74) is 2.10. The molecule has 1 aliphatic heterocycles. The molecule has 1 fully saturated rings. The molecule has 2 aromatic heterocycles. The van der Waals surface area contributed by atoms with Gasteiger partial charge >= 0.3 is 5.97 Å². The van der Waals surface area contributed by atoms with Crippen LogP contribution in [0.1, 0.15) is 48.3 Å². The molecular weight excluding hydrogens is 384 g/mol. The highest BCUT2D eigenvalue weighted by Crippen LogP contribution is 2.30. The quantitative estimate of drug-likeness (QED) is 0.346. The third kappa shape index (κ3) is 4.34. The Hall–Kier alpha value is -2.67. The third-order valence-electron chi connectivity index (χ3n) is 5.09. The molecule has 0 N–H and O–H groups in total. The van der Waals surface area contributed by atoms with E-state index in [0.717, 1.165) is 47.8 Å². The normalized spacial score (nSPS) is 15.3. The lowest BCUT2D eigenvalue weighted by molar-refractivity contribution is 0.0329. The molecule has 0 spiro atoms. The van der Waals surface area contributed by atoms with Crippen molar-refractivity contribution in [2.75, 3.05) is 24.2 Å². The summed E-state index contributed by atoms with van der Waals surface area (Å²) < 4.78 is 5.69. The van der Waals surface area contributed by atoms with Gasteiger partial charge in [0.2, 0.25) is 0 Å². The van der Waals surface area contributed by atoms with Crippen LogP contribution in [0.5, 0.6) is 0 Å². The van der Waals surface area contributed by atoms with E-state index in [0.29, 0.717) is 11.3 Å². The second kappa shape index (κ2) is 8.78. The van der Waals surface area contributed by atoms with Crippen molar-refractivity contribution < 1.29 is 9.53 Å². The Morgan fingerprint density at radius 3 is 2.62 bits per heavy atom. The van der Waals surface area contributed by atoms with Crippen LogP contribution in [0.2, 0.25) is 0 Å². The van der Waals surface area contributed by atoms with E-state index in [1.54, 1.807) is 12.1 Å². The van der Waals surface area contributed by atoms with E-state index in [2.05, 4.69) is 9.88 Å². The van der Waals surface area contributed by atoms with Crippen LogP contribution in [-0.4, -0.2) is 40.3 Å². The number of benzene rings is 1. The summed E-state index contributed by atoms with van der Waals surface area (Å²) in [7, 11) is 0. The van der Waals surface area contributed by atoms with Crippen molar-refractivity contribution in [3.05, 3.63) is 53.9 Å². The minimum atomic E-state index is -0.476. The number of anilines is 1. The van der Waals surface area contributed by atoms with Gasteiger partial charge in [-0.15, -0.1) is 0 Å². The first-order valence-corrected chi connectivity index (χ1v) is 11.1. The van der Waals surface area contributed by atoms with Crippen molar-refractivity contribution in [3.63, 3.8) is 0 Å². The molecule has 6 nitrogen and oxygen atoms in total. The molecule has 0 amide bonds. The van der Waals surface area contributed by atoms with E-state index in [4.69, 9.17) is 14.7 Å². The molecule has 4 rings (SSSR count). The largest absolute Gasteiger partial charge is 0.453 e. The minimum Gasteiger partial charge on any atom is -0.453 e. The highest BCUT2D eigenvalue weighted by molar-refractivity contribution is 7.98. The van der Waals surface area contributed by atoms with Gasteiger partial charge in [0.15, 0.2) is 11.0 Å². The molecule has 1 unspecified atom stereocenters. The molecular formula is C22H24N4O2S. The summed E-state index contributed by atoms with van der Waals surface area (Å²) in [6.45, 7) is 3.77. The molecule has 0 aliphatic carbocycles. The van der Waals surface area contributed by atoms with Crippen LogP contribution < -0.4 is 4.90 Å². The van der Waals surface area contributed by atoms with Crippen molar-refractivity contribution in [1.29, 1.82) is 0 Å². The number of rotatable bonds is 5. The van der Waals surface area contributed by atoms with Gasteiger partial charge in [0.25, 0.3) is 0 Å². The zero-order chi connectivity index (χ0) is 20.2.